The van der Waals surface area contributed by atoms with Gasteiger partial charge in [0.15, 0.2) is 0 Å². The van der Waals surface area contributed by atoms with Crippen LogP contribution < -0.4 is 0 Å². The number of aliphatic hydroxyl groups excluding tert-OH is 1. The zero-order chi connectivity index (χ0) is 11.1. The van der Waals surface area contributed by atoms with E-state index < -0.39 is 0 Å². The topological polar surface area (TPSA) is 48.2 Å². The molecule has 1 N–H and O–H groups in total. The fourth-order valence-electron chi connectivity index (χ4n) is 1.49. The molecule has 1 aliphatic heterocycles. The van der Waals surface area contributed by atoms with Crippen molar-refractivity contribution in [2.24, 2.45) is 10.2 Å². The summed E-state index contributed by atoms with van der Waals surface area (Å²) >= 11 is 1.71. The van der Waals surface area contributed by atoms with Gasteiger partial charge in [0.25, 0.3) is 0 Å². The molecule has 0 atom stereocenters. The quantitative estimate of drug-likeness (QED) is 0.452. The molecule has 1 saturated heterocycles. The molecule has 1 heterocycles. The van der Waals surface area contributed by atoms with Crippen molar-refractivity contribution in [1.29, 1.82) is 0 Å². The lowest BCUT2D eigenvalue weighted by Crippen LogP contribution is -2.35. The number of piperidine rings is 1. The van der Waals surface area contributed by atoms with Crippen LogP contribution in [0.15, 0.2) is 10.2 Å². The van der Waals surface area contributed by atoms with Crippen molar-refractivity contribution in [3.05, 3.63) is 0 Å². The lowest BCUT2D eigenvalue weighted by Gasteiger charge is -2.28. The molecule has 0 unspecified atom stereocenters. The first-order chi connectivity index (χ1) is 7.26. The molecule has 1 rings (SSSR count). The molecule has 0 bridgehead atoms. The van der Waals surface area contributed by atoms with Gasteiger partial charge < -0.3 is 5.11 Å². The second kappa shape index (κ2) is 6.98. The Bertz CT molecular complexity index is 225. The highest BCUT2D eigenvalue weighted by Crippen LogP contribution is 2.15. The first-order valence-electron chi connectivity index (χ1n) is 5.32. The van der Waals surface area contributed by atoms with Crippen LogP contribution in [0.1, 0.15) is 26.2 Å². The van der Waals surface area contributed by atoms with Crippen LogP contribution in [0.25, 0.3) is 0 Å². The van der Waals surface area contributed by atoms with Gasteiger partial charge in [-0.15, -0.1) is 5.10 Å². The molecular formula is C10H19N3OS. The number of hydrogen-bond acceptors (Lipinski definition) is 5. The predicted molar refractivity (Wildman–Crippen MR) is 66.5 cm³/mol. The average molecular weight is 229 g/mol. The summed E-state index contributed by atoms with van der Waals surface area (Å²) in [7, 11) is 0. The Balaban J connectivity index is 2.24. The predicted octanol–water partition coefficient (Wildman–Crippen LogP) is 1.56. The van der Waals surface area contributed by atoms with Crippen LogP contribution >= 0.6 is 11.8 Å². The Kier molecular flexibility index (Phi) is 5.90. The molecule has 0 aromatic rings. The van der Waals surface area contributed by atoms with Gasteiger partial charge >= 0.3 is 0 Å². The number of rotatable bonds is 4. The van der Waals surface area contributed by atoms with Gasteiger partial charge in [0, 0.05) is 19.8 Å². The molecule has 15 heavy (non-hydrogen) atoms. The molecule has 0 saturated carbocycles. The van der Waals surface area contributed by atoms with Crippen LogP contribution in [0, 0.1) is 0 Å². The van der Waals surface area contributed by atoms with E-state index in [9.17, 15) is 5.11 Å². The molecule has 4 nitrogen and oxygen atoms in total. The second-order valence-corrected chi connectivity index (χ2v) is 4.63. The maximum atomic E-state index is 9.35. The molecule has 0 amide bonds. The third-order valence-electron chi connectivity index (χ3n) is 2.46. The summed E-state index contributed by atoms with van der Waals surface area (Å²) in [6, 6.07) is 0. The largest absolute Gasteiger partial charge is 0.393 e. The van der Waals surface area contributed by atoms with E-state index in [-0.39, 0.29) is 6.10 Å². The zero-order valence-electron chi connectivity index (χ0n) is 9.22. The van der Waals surface area contributed by atoms with Crippen LogP contribution in [0.5, 0.6) is 0 Å². The van der Waals surface area contributed by atoms with E-state index in [0.29, 0.717) is 0 Å². The average Bonchev–Trinajstić information content (AvgIpc) is 2.26. The Morgan fingerprint density at radius 1 is 1.53 bits per heavy atom. The number of aliphatic hydroxyl groups is 1. The number of likely N-dealkylation sites (tertiary alicyclic amines) is 1. The Hall–Kier alpha value is -0.390. The molecule has 0 aromatic heterocycles. The molecule has 0 spiro atoms. The van der Waals surface area contributed by atoms with Crippen molar-refractivity contribution in [2.45, 2.75) is 32.3 Å². The normalized spacial score (nSPS) is 20.5. The fourth-order valence-corrected chi connectivity index (χ4v) is 2.40. The monoisotopic (exact) mass is 229 g/mol. The van der Waals surface area contributed by atoms with Crippen molar-refractivity contribution in [1.82, 2.24) is 4.90 Å². The maximum absolute atomic E-state index is 9.35. The Labute approximate surface area is 95.5 Å². The van der Waals surface area contributed by atoms with Crippen molar-refractivity contribution in [3.63, 3.8) is 0 Å². The van der Waals surface area contributed by atoms with Gasteiger partial charge in [-0.1, -0.05) is 18.7 Å². The standard InChI is InChI=1S/C10H19N3OS/c1-3-10(12-11-2)15-8-13-6-4-9(14)5-7-13/h9,14H,2-8H2,1H3/b12-10-. The number of nitrogens with zero attached hydrogens (tertiary/aromatic N) is 3. The highest BCUT2D eigenvalue weighted by molar-refractivity contribution is 8.13. The molecule has 0 aromatic carbocycles. The fraction of sp³-hybridized carbons (Fsp3) is 0.800. The summed E-state index contributed by atoms with van der Waals surface area (Å²) in [5.74, 6) is 0.939. The summed E-state index contributed by atoms with van der Waals surface area (Å²) < 4.78 is 0. The lowest BCUT2D eigenvalue weighted by atomic mass is 10.1. The third-order valence-corrected chi connectivity index (χ3v) is 3.65. The summed E-state index contributed by atoms with van der Waals surface area (Å²) in [5, 5.41) is 17.9. The molecule has 0 aliphatic carbocycles. The molecule has 86 valence electrons. The minimum absolute atomic E-state index is 0.0968. The van der Waals surface area contributed by atoms with Crippen molar-refractivity contribution in [2.75, 3.05) is 19.0 Å². The van der Waals surface area contributed by atoms with Crippen LogP contribution in [0.2, 0.25) is 0 Å². The molecular weight excluding hydrogens is 210 g/mol. The smallest absolute Gasteiger partial charge is 0.0968 e. The lowest BCUT2D eigenvalue weighted by molar-refractivity contribution is 0.0917. The minimum Gasteiger partial charge on any atom is -0.393 e. The van der Waals surface area contributed by atoms with Gasteiger partial charge in [0.1, 0.15) is 0 Å². The molecule has 1 fully saturated rings. The molecule has 0 radical (unpaired) electrons. The highest BCUT2D eigenvalue weighted by atomic mass is 32.2. The summed E-state index contributed by atoms with van der Waals surface area (Å²) in [4.78, 5) is 2.34. The van der Waals surface area contributed by atoms with Crippen LogP contribution in [0.4, 0.5) is 0 Å². The SMILES string of the molecule is C=N/N=C(/CC)SCN1CCC(O)CC1. The summed E-state index contributed by atoms with van der Waals surface area (Å²) in [5.41, 5.74) is 0. The molecule has 1 aliphatic rings. The van der Waals surface area contributed by atoms with Crippen LogP contribution in [-0.4, -0.2) is 46.8 Å². The van der Waals surface area contributed by atoms with E-state index >= 15 is 0 Å². The van der Waals surface area contributed by atoms with E-state index in [2.05, 4.69) is 28.7 Å². The van der Waals surface area contributed by atoms with Gasteiger partial charge in [-0.2, -0.15) is 5.10 Å². The van der Waals surface area contributed by atoms with Crippen molar-refractivity contribution in [3.8, 4) is 0 Å². The third kappa shape index (κ3) is 4.77. The van der Waals surface area contributed by atoms with Crippen LogP contribution in [0.3, 0.4) is 0 Å². The van der Waals surface area contributed by atoms with E-state index in [4.69, 9.17) is 0 Å². The Morgan fingerprint density at radius 2 is 2.20 bits per heavy atom. The van der Waals surface area contributed by atoms with Gasteiger partial charge in [0.2, 0.25) is 0 Å². The van der Waals surface area contributed by atoms with Gasteiger partial charge in [-0.05, 0) is 19.3 Å². The van der Waals surface area contributed by atoms with Gasteiger partial charge in [-0.3, -0.25) is 4.90 Å². The van der Waals surface area contributed by atoms with E-state index in [1.165, 1.54) is 0 Å². The number of thioether (sulfide) groups is 1. The van der Waals surface area contributed by atoms with E-state index in [1.807, 2.05) is 0 Å². The maximum Gasteiger partial charge on any atom is 0.0968 e. The number of hydrogen-bond donors (Lipinski definition) is 1. The van der Waals surface area contributed by atoms with Crippen LogP contribution in [-0.2, 0) is 0 Å². The summed E-state index contributed by atoms with van der Waals surface area (Å²) in [6.45, 7) is 7.38. The first-order valence-corrected chi connectivity index (χ1v) is 6.30. The first kappa shape index (κ1) is 12.7. The van der Waals surface area contributed by atoms with Crippen molar-refractivity contribution < 1.29 is 5.11 Å². The Morgan fingerprint density at radius 3 is 2.73 bits per heavy atom. The van der Waals surface area contributed by atoms with Gasteiger partial charge in [0.05, 0.1) is 17.0 Å². The zero-order valence-corrected chi connectivity index (χ0v) is 10.0. The van der Waals surface area contributed by atoms with E-state index in [0.717, 1.165) is 43.3 Å². The van der Waals surface area contributed by atoms with Crippen molar-refractivity contribution >= 4 is 23.5 Å². The van der Waals surface area contributed by atoms with E-state index in [1.54, 1.807) is 11.8 Å². The van der Waals surface area contributed by atoms with Gasteiger partial charge in [-0.25, -0.2) is 0 Å². The highest BCUT2D eigenvalue weighted by Gasteiger charge is 2.16. The minimum atomic E-state index is -0.0968. The second-order valence-electron chi connectivity index (χ2n) is 3.61. The summed E-state index contributed by atoms with van der Waals surface area (Å²) in [6.07, 6.45) is 2.58. The molecule has 5 heteroatoms.